The highest BCUT2D eigenvalue weighted by molar-refractivity contribution is 6.35. The van der Waals surface area contributed by atoms with Gasteiger partial charge in [-0.15, -0.1) is 10.7 Å². The Morgan fingerprint density at radius 3 is 3.40 bits per heavy atom. The van der Waals surface area contributed by atoms with Gasteiger partial charge in [0.05, 0.1) is 6.21 Å². The van der Waals surface area contributed by atoms with Crippen molar-refractivity contribution in [2.24, 2.45) is 10.3 Å². The third kappa shape index (κ3) is 1.77. The van der Waals surface area contributed by atoms with Gasteiger partial charge in [-0.05, 0) is 0 Å². The first-order valence-electron chi connectivity index (χ1n) is 2.65. The third-order valence-electron chi connectivity index (χ3n) is 0.825. The third-order valence-corrected chi connectivity index (χ3v) is 0.825. The summed E-state index contributed by atoms with van der Waals surface area (Å²) in [5.74, 6) is 0. The van der Waals surface area contributed by atoms with Gasteiger partial charge < -0.3 is 9.68 Å². The maximum atomic E-state index is 4.56. The van der Waals surface area contributed by atoms with Gasteiger partial charge in [0.1, 0.15) is 19.1 Å². The molecule has 0 aromatic carbocycles. The van der Waals surface area contributed by atoms with E-state index in [2.05, 4.69) is 25.5 Å². The second-order valence-electron chi connectivity index (χ2n) is 1.47. The van der Waals surface area contributed by atoms with Crippen LogP contribution in [0.4, 0.5) is 0 Å². The zero-order valence-electron chi connectivity index (χ0n) is 5.44. The number of hydrogen-bond donors (Lipinski definition) is 1. The molecule has 5 nitrogen and oxygen atoms in total. The number of allylic oxidation sites excluding steroid dienone is 1. The molecule has 0 unspecified atom stereocenters. The van der Waals surface area contributed by atoms with Gasteiger partial charge in [0.25, 0.3) is 0 Å². The first-order valence-corrected chi connectivity index (χ1v) is 2.65. The Labute approximate surface area is 57.9 Å². The Morgan fingerprint density at radius 1 is 1.90 bits per heavy atom. The van der Waals surface area contributed by atoms with Crippen LogP contribution in [0.1, 0.15) is 0 Å². The lowest BCUT2D eigenvalue weighted by molar-refractivity contribution is 0.135. The number of rotatable bonds is 2. The van der Waals surface area contributed by atoms with Crippen LogP contribution in [-0.4, -0.2) is 19.0 Å². The summed E-state index contributed by atoms with van der Waals surface area (Å²) >= 11 is 0. The second kappa shape index (κ2) is 3.49. The molecule has 0 saturated heterocycles. The fourth-order valence-corrected chi connectivity index (χ4v) is 0.429. The van der Waals surface area contributed by atoms with Crippen molar-refractivity contribution in [3.05, 3.63) is 12.3 Å². The van der Waals surface area contributed by atoms with Crippen molar-refractivity contribution in [3.63, 3.8) is 0 Å². The summed E-state index contributed by atoms with van der Waals surface area (Å²) in [6.07, 6.45) is 4.58. The van der Waals surface area contributed by atoms with Crippen LogP contribution in [0.15, 0.2) is 22.6 Å². The molecule has 0 amide bonds. The molecule has 0 aromatic heterocycles. The van der Waals surface area contributed by atoms with Crippen molar-refractivity contribution < 1.29 is 9.68 Å². The van der Waals surface area contributed by atoms with Crippen molar-refractivity contribution in [1.29, 1.82) is 0 Å². The summed E-state index contributed by atoms with van der Waals surface area (Å²) in [6, 6.07) is 0. The minimum Gasteiger partial charge on any atom is -0.399 e. The number of oxime groups is 1. The Hall–Kier alpha value is -1.52. The van der Waals surface area contributed by atoms with E-state index in [0.29, 0.717) is 5.71 Å². The lowest BCUT2D eigenvalue weighted by Crippen LogP contribution is -2.12. The first kappa shape index (κ1) is 6.60. The predicted molar refractivity (Wildman–Crippen MR) is 36.3 cm³/mol. The van der Waals surface area contributed by atoms with Crippen molar-refractivity contribution in [3.8, 4) is 0 Å². The predicted octanol–water partition coefficient (Wildman–Crippen LogP) is 0.0231. The minimum absolute atomic E-state index is 0.646. The maximum absolute atomic E-state index is 4.56. The van der Waals surface area contributed by atoms with Gasteiger partial charge in [-0.3, -0.25) is 0 Å². The SMILES string of the molecule is CON=CC1=NNOC=C1. The lowest BCUT2D eigenvalue weighted by Gasteiger charge is -2.02. The molecule has 1 aliphatic heterocycles. The van der Waals surface area contributed by atoms with Gasteiger partial charge in [0, 0.05) is 6.08 Å². The first-order chi connectivity index (χ1) is 4.93. The zero-order valence-corrected chi connectivity index (χ0v) is 5.44. The van der Waals surface area contributed by atoms with E-state index in [1.807, 2.05) is 0 Å². The van der Waals surface area contributed by atoms with E-state index >= 15 is 0 Å². The fraction of sp³-hybridized carbons (Fsp3) is 0.200. The van der Waals surface area contributed by atoms with E-state index < -0.39 is 0 Å². The highest BCUT2D eigenvalue weighted by atomic mass is 16.7. The Kier molecular flexibility index (Phi) is 2.31. The summed E-state index contributed by atoms with van der Waals surface area (Å²) in [7, 11) is 1.47. The molecule has 0 bridgehead atoms. The number of nitrogens with zero attached hydrogens (tertiary/aromatic N) is 2. The molecule has 0 saturated carbocycles. The van der Waals surface area contributed by atoms with E-state index in [1.54, 1.807) is 6.08 Å². The Bertz CT molecular complexity index is 185. The van der Waals surface area contributed by atoms with Crippen LogP contribution in [0.5, 0.6) is 0 Å². The standard InChI is InChI=1S/C5H7N3O2/c1-9-6-4-5-2-3-10-8-7-5/h2-4,8H,1H3. The Balaban J connectivity index is 2.47. The van der Waals surface area contributed by atoms with Crippen LogP contribution in [0, 0.1) is 0 Å². The van der Waals surface area contributed by atoms with Gasteiger partial charge in [-0.1, -0.05) is 5.16 Å². The quantitative estimate of drug-likeness (QED) is 0.435. The molecule has 1 N–H and O–H groups in total. The number of hydrazone groups is 1. The van der Waals surface area contributed by atoms with E-state index in [0.717, 1.165) is 0 Å². The molecular formula is C5H7N3O2. The monoisotopic (exact) mass is 141 g/mol. The number of hydrogen-bond acceptors (Lipinski definition) is 5. The lowest BCUT2D eigenvalue weighted by atomic mass is 10.4. The highest BCUT2D eigenvalue weighted by Crippen LogP contribution is 1.85. The van der Waals surface area contributed by atoms with Crippen molar-refractivity contribution in [1.82, 2.24) is 5.59 Å². The van der Waals surface area contributed by atoms with Crippen LogP contribution >= 0.6 is 0 Å². The molecule has 1 rings (SSSR count). The minimum atomic E-state index is 0.646. The Morgan fingerprint density at radius 2 is 2.80 bits per heavy atom. The van der Waals surface area contributed by atoms with Crippen LogP contribution in [0.25, 0.3) is 0 Å². The summed E-state index contributed by atoms with van der Waals surface area (Å²) in [5, 5.41) is 7.19. The molecule has 0 fully saturated rings. The van der Waals surface area contributed by atoms with Gasteiger partial charge >= 0.3 is 0 Å². The highest BCUT2D eigenvalue weighted by Gasteiger charge is 1.93. The fourth-order valence-electron chi connectivity index (χ4n) is 0.429. The van der Waals surface area contributed by atoms with E-state index in [9.17, 15) is 0 Å². The summed E-state index contributed by atoms with van der Waals surface area (Å²) < 4.78 is 0. The van der Waals surface area contributed by atoms with Gasteiger partial charge in [0.2, 0.25) is 0 Å². The van der Waals surface area contributed by atoms with Gasteiger partial charge in [0.15, 0.2) is 0 Å². The summed E-state index contributed by atoms with van der Waals surface area (Å²) in [6.45, 7) is 0. The van der Waals surface area contributed by atoms with E-state index in [4.69, 9.17) is 0 Å². The van der Waals surface area contributed by atoms with E-state index in [-0.39, 0.29) is 0 Å². The van der Waals surface area contributed by atoms with Gasteiger partial charge in [-0.2, -0.15) is 0 Å². The molecule has 0 aromatic rings. The van der Waals surface area contributed by atoms with Crippen molar-refractivity contribution in [2.75, 3.05) is 7.11 Å². The second-order valence-corrected chi connectivity index (χ2v) is 1.47. The molecule has 54 valence electrons. The molecule has 0 aliphatic carbocycles. The molecule has 1 aliphatic rings. The number of nitrogens with one attached hydrogen (secondary N) is 1. The zero-order chi connectivity index (χ0) is 7.23. The molecule has 10 heavy (non-hydrogen) atoms. The average Bonchev–Trinajstić information content (AvgIpc) is 2.03. The largest absolute Gasteiger partial charge is 0.399 e. The maximum Gasteiger partial charge on any atom is 0.123 e. The molecule has 0 radical (unpaired) electrons. The van der Waals surface area contributed by atoms with Crippen molar-refractivity contribution in [2.45, 2.75) is 0 Å². The molecule has 0 spiro atoms. The van der Waals surface area contributed by atoms with Crippen LogP contribution < -0.4 is 5.59 Å². The normalized spacial score (nSPS) is 15.9. The average molecular weight is 141 g/mol. The van der Waals surface area contributed by atoms with E-state index in [1.165, 1.54) is 19.6 Å². The molecule has 5 heteroatoms. The molecular weight excluding hydrogens is 134 g/mol. The van der Waals surface area contributed by atoms with Crippen LogP contribution in [-0.2, 0) is 9.68 Å². The van der Waals surface area contributed by atoms with Crippen LogP contribution in [0.2, 0.25) is 0 Å². The topological polar surface area (TPSA) is 55.2 Å². The van der Waals surface area contributed by atoms with Crippen molar-refractivity contribution >= 4 is 11.9 Å². The summed E-state index contributed by atoms with van der Waals surface area (Å²) in [4.78, 5) is 8.99. The van der Waals surface area contributed by atoms with Gasteiger partial charge in [-0.25, -0.2) is 0 Å². The van der Waals surface area contributed by atoms with Crippen LogP contribution in [0.3, 0.4) is 0 Å². The molecule has 0 atom stereocenters. The smallest absolute Gasteiger partial charge is 0.123 e. The summed E-state index contributed by atoms with van der Waals surface area (Å²) in [5.41, 5.74) is 2.94. The molecule has 1 heterocycles.